The number of rotatable bonds is 3. The van der Waals surface area contributed by atoms with Crippen molar-refractivity contribution in [3.05, 3.63) is 23.8 Å². The first-order valence-corrected chi connectivity index (χ1v) is 7.23. The quantitative estimate of drug-likeness (QED) is 0.883. The van der Waals surface area contributed by atoms with Crippen LogP contribution in [0.2, 0.25) is 0 Å². The fraction of sp³-hybridized carbons (Fsp3) is 0.533. The number of carbonyl (C=O) groups excluding carboxylic acids is 1. The number of benzene rings is 1. The number of fused-ring (bicyclic) bond motifs is 1. The molecule has 0 spiro atoms. The number of phenols is 1. The van der Waals surface area contributed by atoms with Crippen LogP contribution in [-0.2, 0) is 4.79 Å². The summed E-state index contributed by atoms with van der Waals surface area (Å²) in [7, 11) is 0. The largest absolute Gasteiger partial charge is 0.504 e. The Labute approximate surface area is 118 Å². The van der Waals surface area contributed by atoms with Crippen molar-refractivity contribution < 1.29 is 14.6 Å². The van der Waals surface area contributed by atoms with E-state index in [0.717, 1.165) is 25.8 Å². The monoisotopic (exact) mass is 276 g/mol. The molecule has 5 heteroatoms. The van der Waals surface area contributed by atoms with Crippen LogP contribution in [0, 0.1) is 0 Å². The van der Waals surface area contributed by atoms with E-state index in [1.165, 1.54) is 0 Å². The SMILES string of the molecule is CCOc1cccc(C2NC(=O)C3CCCCN32)c1O. The lowest BCUT2D eigenvalue weighted by atomic mass is 10.0. The molecule has 2 fully saturated rings. The van der Waals surface area contributed by atoms with Gasteiger partial charge in [-0.05, 0) is 25.8 Å². The Morgan fingerprint density at radius 3 is 3.10 bits per heavy atom. The molecule has 1 aromatic carbocycles. The molecule has 0 radical (unpaired) electrons. The molecule has 20 heavy (non-hydrogen) atoms. The second-order valence-electron chi connectivity index (χ2n) is 5.29. The van der Waals surface area contributed by atoms with Crippen molar-refractivity contribution in [3.8, 4) is 11.5 Å². The third-order valence-electron chi connectivity index (χ3n) is 4.08. The molecule has 5 nitrogen and oxygen atoms in total. The predicted molar refractivity (Wildman–Crippen MR) is 74.5 cm³/mol. The third kappa shape index (κ3) is 2.12. The minimum absolute atomic E-state index is 0.0519. The van der Waals surface area contributed by atoms with E-state index in [4.69, 9.17) is 4.74 Å². The zero-order valence-electron chi connectivity index (χ0n) is 11.6. The van der Waals surface area contributed by atoms with Crippen LogP contribution in [0.15, 0.2) is 18.2 Å². The van der Waals surface area contributed by atoms with E-state index >= 15 is 0 Å². The molecule has 1 amide bonds. The smallest absolute Gasteiger partial charge is 0.238 e. The lowest BCUT2D eigenvalue weighted by molar-refractivity contribution is -0.122. The van der Waals surface area contributed by atoms with Gasteiger partial charge in [0.15, 0.2) is 11.5 Å². The van der Waals surface area contributed by atoms with Gasteiger partial charge in [0.25, 0.3) is 0 Å². The number of piperidine rings is 1. The normalized spacial score (nSPS) is 26.1. The Balaban J connectivity index is 1.93. The minimum atomic E-state index is -0.242. The van der Waals surface area contributed by atoms with Gasteiger partial charge < -0.3 is 15.2 Å². The van der Waals surface area contributed by atoms with Crippen LogP contribution in [0.3, 0.4) is 0 Å². The van der Waals surface area contributed by atoms with Crippen LogP contribution in [0.4, 0.5) is 0 Å². The Morgan fingerprint density at radius 1 is 1.45 bits per heavy atom. The number of aromatic hydroxyl groups is 1. The van der Waals surface area contributed by atoms with Crippen molar-refractivity contribution in [2.45, 2.75) is 38.4 Å². The molecule has 0 saturated carbocycles. The summed E-state index contributed by atoms with van der Waals surface area (Å²) in [6.45, 7) is 3.26. The number of hydrogen-bond acceptors (Lipinski definition) is 4. The molecule has 2 aliphatic heterocycles. The average molecular weight is 276 g/mol. The van der Waals surface area contributed by atoms with Gasteiger partial charge in [-0.1, -0.05) is 18.6 Å². The molecule has 2 aliphatic rings. The fourth-order valence-electron chi connectivity index (χ4n) is 3.15. The van der Waals surface area contributed by atoms with Gasteiger partial charge in [0.05, 0.1) is 12.6 Å². The number of carbonyl (C=O) groups is 1. The van der Waals surface area contributed by atoms with Crippen molar-refractivity contribution in [1.82, 2.24) is 10.2 Å². The van der Waals surface area contributed by atoms with E-state index in [1.807, 2.05) is 19.1 Å². The summed E-state index contributed by atoms with van der Waals surface area (Å²) in [6.07, 6.45) is 2.84. The standard InChI is InChI=1S/C15H20N2O3/c1-2-20-12-8-5-6-10(13(12)18)14-16-15(19)11-7-3-4-9-17(11)14/h5-6,8,11,14,18H,2-4,7,9H2,1H3,(H,16,19). The molecule has 2 heterocycles. The van der Waals surface area contributed by atoms with Crippen molar-refractivity contribution in [1.29, 1.82) is 0 Å². The zero-order valence-corrected chi connectivity index (χ0v) is 11.6. The first kappa shape index (κ1) is 13.2. The van der Waals surface area contributed by atoms with Crippen LogP contribution >= 0.6 is 0 Å². The van der Waals surface area contributed by atoms with Gasteiger partial charge in [-0.2, -0.15) is 0 Å². The molecule has 2 atom stereocenters. The second kappa shape index (κ2) is 5.32. The van der Waals surface area contributed by atoms with Gasteiger partial charge in [0.1, 0.15) is 6.17 Å². The summed E-state index contributed by atoms with van der Waals surface area (Å²) in [5, 5.41) is 13.3. The van der Waals surface area contributed by atoms with E-state index < -0.39 is 0 Å². The lowest BCUT2D eigenvalue weighted by Crippen LogP contribution is -2.38. The summed E-state index contributed by atoms with van der Waals surface area (Å²) >= 11 is 0. The zero-order chi connectivity index (χ0) is 14.1. The maximum atomic E-state index is 12.0. The molecule has 2 N–H and O–H groups in total. The summed E-state index contributed by atoms with van der Waals surface area (Å²) in [5.74, 6) is 0.668. The van der Waals surface area contributed by atoms with Crippen LogP contribution < -0.4 is 10.1 Å². The number of ether oxygens (including phenoxy) is 1. The Morgan fingerprint density at radius 2 is 2.30 bits per heavy atom. The topological polar surface area (TPSA) is 61.8 Å². The average Bonchev–Trinajstić information content (AvgIpc) is 2.79. The highest BCUT2D eigenvalue weighted by Crippen LogP contribution is 2.39. The highest BCUT2D eigenvalue weighted by atomic mass is 16.5. The van der Waals surface area contributed by atoms with Crippen LogP contribution in [0.5, 0.6) is 11.5 Å². The van der Waals surface area contributed by atoms with E-state index in [0.29, 0.717) is 17.9 Å². The fourth-order valence-corrected chi connectivity index (χ4v) is 3.15. The van der Waals surface area contributed by atoms with Gasteiger partial charge in [-0.25, -0.2) is 0 Å². The third-order valence-corrected chi connectivity index (χ3v) is 4.08. The number of nitrogens with one attached hydrogen (secondary N) is 1. The summed E-state index contributed by atoms with van der Waals surface area (Å²) in [6, 6.07) is 5.39. The number of phenolic OH excluding ortho intramolecular Hbond substituents is 1. The molecular weight excluding hydrogens is 256 g/mol. The molecule has 2 unspecified atom stereocenters. The van der Waals surface area contributed by atoms with Gasteiger partial charge in [-0.15, -0.1) is 0 Å². The van der Waals surface area contributed by atoms with E-state index in [2.05, 4.69) is 10.2 Å². The Bertz CT molecular complexity index is 518. The van der Waals surface area contributed by atoms with Gasteiger partial charge in [0, 0.05) is 12.1 Å². The number of amides is 1. The summed E-state index contributed by atoms with van der Waals surface area (Å²) in [4.78, 5) is 14.2. The summed E-state index contributed by atoms with van der Waals surface area (Å²) < 4.78 is 5.42. The number of para-hydroxylation sites is 1. The number of nitrogens with zero attached hydrogens (tertiary/aromatic N) is 1. The van der Waals surface area contributed by atoms with E-state index in [9.17, 15) is 9.90 Å². The first-order chi connectivity index (χ1) is 9.72. The van der Waals surface area contributed by atoms with Crippen molar-refractivity contribution in [2.75, 3.05) is 13.2 Å². The van der Waals surface area contributed by atoms with Crippen LogP contribution in [0.1, 0.15) is 37.9 Å². The second-order valence-corrected chi connectivity index (χ2v) is 5.29. The molecular formula is C15H20N2O3. The Kier molecular flexibility index (Phi) is 3.53. The van der Waals surface area contributed by atoms with E-state index in [-0.39, 0.29) is 23.9 Å². The molecule has 0 aliphatic carbocycles. The first-order valence-electron chi connectivity index (χ1n) is 7.23. The molecule has 0 aromatic heterocycles. The predicted octanol–water partition coefficient (Wildman–Crippen LogP) is 1.77. The molecule has 108 valence electrons. The Hall–Kier alpha value is -1.75. The minimum Gasteiger partial charge on any atom is -0.504 e. The van der Waals surface area contributed by atoms with Gasteiger partial charge >= 0.3 is 0 Å². The highest BCUT2D eigenvalue weighted by molar-refractivity contribution is 5.84. The maximum Gasteiger partial charge on any atom is 0.238 e. The van der Waals surface area contributed by atoms with Crippen molar-refractivity contribution in [3.63, 3.8) is 0 Å². The molecule has 2 saturated heterocycles. The van der Waals surface area contributed by atoms with Crippen molar-refractivity contribution >= 4 is 5.91 Å². The van der Waals surface area contributed by atoms with E-state index in [1.54, 1.807) is 6.07 Å². The molecule has 3 rings (SSSR count). The van der Waals surface area contributed by atoms with Gasteiger partial charge in [-0.3, -0.25) is 9.69 Å². The maximum absolute atomic E-state index is 12.0. The van der Waals surface area contributed by atoms with Crippen LogP contribution in [0.25, 0.3) is 0 Å². The van der Waals surface area contributed by atoms with Crippen molar-refractivity contribution in [2.24, 2.45) is 0 Å². The molecule has 1 aromatic rings. The molecule has 0 bridgehead atoms. The van der Waals surface area contributed by atoms with Crippen LogP contribution in [-0.4, -0.2) is 35.1 Å². The lowest BCUT2D eigenvalue weighted by Gasteiger charge is -2.31. The van der Waals surface area contributed by atoms with Gasteiger partial charge in [0.2, 0.25) is 5.91 Å². The summed E-state index contributed by atoms with van der Waals surface area (Å²) in [5.41, 5.74) is 0.716. The number of hydrogen-bond donors (Lipinski definition) is 2. The highest BCUT2D eigenvalue weighted by Gasteiger charge is 2.42.